The van der Waals surface area contributed by atoms with Crippen LogP contribution in [0.1, 0.15) is 27.0 Å². The van der Waals surface area contributed by atoms with Crippen LogP contribution in [0.5, 0.6) is 0 Å². The van der Waals surface area contributed by atoms with Crippen molar-refractivity contribution in [2.24, 2.45) is 0 Å². The summed E-state index contributed by atoms with van der Waals surface area (Å²) in [6.45, 7) is 5.90. The van der Waals surface area contributed by atoms with Crippen molar-refractivity contribution >= 4 is 22.4 Å². The molecule has 0 saturated heterocycles. The number of nitrogens with one attached hydrogen (secondary N) is 1. The molecule has 0 aliphatic rings. The summed E-state index contributed by atoms with van der Waals surface area (Å²) in [6, 6.07) is 7.76. The zero-order chi connectivity index (χ0) is 16.4. The number of hydrogen-bond donors (Lipinski definition) is 1. The Morgan fingerprint density at radius 1 is 1.13 bits per heavy atom. The van der Waals surface area contributed by atoms with Gasteiger partial charge in [-0.3, -0.25) is 15.1 Å². The van der Waals surface area contributed by atoms with Gasteiger partial charge in [-0.1, -0.05) is 29.0 Å². The molecule has 0 aliphatic carbocycles. The molecule has 1 aromatic carbocycles. The van der Waals surface area contributed by atoms with Crippen LogP contribution in [0.3, 0.4) is 0 Å². The summed E-state index contributed by atoms with van der Waals surface area (Å²) in [6.07, 6.45) is 3.43. The number of nitrogens with zero attached hydrogens (tertiary/aromatic N) is 3. The van der Waals surface area contributed by atoms with E-state index < -0.39 is 0 Å². The van der Waals surface area contributed by atoms with Crippen molar-refractivity contribution in [2.75, 3.05) is 5.32 Å². The molecule has 0 unspecified atom stereocenters. The third-order valence-electron chi connectivity index (χ3n) is 3.46. The SMILES string of the molecule is Cc1cc(C)c(C(=O)Nc2nnc(-c3cccnc3)s2)c(C)c1. The van der Waals surface area contributed by atoms with Gasteiger partial charge < -0.3 is 0 Å². The van der Waals surface area contributed by atoms with E-state index in [1.165, 1.54) is 11.3 Å². The van der Waals surface area contributed by atoms with Gasteiger partial charge >= 0.3 is 0 Å². The Morgan fingerprint density at radius 3 is 2.52 bits per heavy atom. The van der Waals surface area contributed by atoms with Crippen LogP contribution in [-0.4, -0.2) is 21.1 Å². The van der Waals surface area contributed by atoms with E-state index in [1.54, 1.807) is 12.4 Å². The molecule has 6 heteroatoms. The van der Waals surface area contributed by atoms with Crippen LogP contribution in [0.2, 0.25) is 0 Å². The normalized spacial score (nSPS) is 10.6. The van der Waals surface area contributed by atoms with Crippen molar-refractivity contribution in [1.29, 1.82) is 0 Å². The zero-order valence-corrected chi connectivity index (χ0v) is 13.9. The van der Waals surface area contributed by atoms with Gasteiger partial charge in [0.2, 0.25) is 5.13 Å². The standard InChI is InChI=1S/C17H16N4OS/c1-10-7-11(2)14(12(3)8-10)15(22)19-17-21-20-16(23-17)13-5-4-6-18-9-13/h4-9H,1-3H3,(H,19,21,22). The Balaban J connectivity index is 1.83. The maximum atomic E-state index is 12.5. The summed E-state index contributed by atoms with van der Waals surface area (Å²) in [4.78, 5) is 16.6. The van der Waals surface area contributed by atoms with Crippen molar-refractivity contribution in [2.45, 2.75) is 20.8 Å². The van der Waals surface area contributed by atoms with Gasteiger partial charge in [-0.05, 0) is 44.0 Å². The fraction of sp³-hybridized carbons (Fsp3) is 0.176. The Bertz CT molecular complexity index is 835. The van der Waals surface area contributed by atoms with Crippen molar-refractivity contribution in [3.8, 4) is 10.6 Å². The summed E-state index contributed by atoms with van der Waals surface area (Å²) in [5.41, 5.74) is 4.63. The van der Waals surface area contributed by atoms with E-state index in [4.69, 9.17) is 0 Å². The summed E-state index contributed by atoms with van der Waals surface area (Å²) in [7, 11) is 0. The fourth-order valence-electron chi connectivity index (χ4n) is 2.58. The molecular weight excluding hydrogens is 308 g/mol. The number of aromatic nitrogens is 3. The molecule has 116 valence electrons. The summed E-state index contributed by atoms with van der Waals surface area (Å²) < 4.78 is 0. The van der Waals surface area contributed by atoms with Gasteiger partial charge in [0.05, 0.1) is 0 Å². The van der Waals surface area contributed by atoms with Crippen LogP contribution in [-0.2, 0) is 0 Å². The van der Waals surface area contributed by atoms with Gasteiger partial charge in [-0.25, -0.2) is 0 Å². The number of amides is 1. The second kappa shape index (κ2) is 6.26. The number of pyridine rings is 1. The number of carbonyl (C=O) groups is 1. The number of benzene rings is 1. The number of hydrogen-bond acceptors (Lipinski definition) is 5. The third kappa shape index (κ3) is 3.27. The second-order valence-corrected chi connectivity index (χ2v) is 6.36. The minimum atomic E-state index is -0.158. The van der Waals surface area contributed by atoms with E-state index in [1.807, 2.05) is 45.0 Å². The minimum absolute atomic E-state index is 0.158. The van der Waals surface area contributed by atoms with E-state index in [0.717, 1.165) is 27.3 Å². The molecule has 0 aliphatic heterocycles. The first-order valence-electron chi connectivity index (χ1n) is 7.17. The first-order chi connectivity index (χ1) is 11.0. The van der Waals surface area contributed by atoms with Crippen LogP contribution < -0.4 is 5.32 Å². The molecule has 0 bridgehead atoms. The van der Waals surface area contributed by atoms with Gasteiger partial charge in [-0.2, -0.15) is 0 Å². The number of carbonyl (C=O) groups excluding carboxylic acids is 1. The molecule has 0 saturated carbocycles. The van der Waals surface area contributed by atoms with E-state index in [0.29, 0.717) is 10.7 Å². The Hall–Kier alpha value is -2.60. The molecule has 1 N–H and O–H groups in total. The predicted octanol–water partition coefficient (Wildman–Crippen LogP) is 3.78. The molecule has 0 atom stereocenters. The Kier molecular flexibility index (Phi) is 4.16. The summed E-state index contributed by atoms with van der Waals surface area (Å²) in [5, 5.41) is 12.2. The second-order valence-electron chi connectivity index (χ2n) is 5.38. The average molecular weight is 324 g/mol. The third-order valence-corrected chi connectivity index (χ3v) is 4.35. The lowest BCUT2D eigenvalue weighted by molar-refractivity contribution is 0.102. The lowest BCUT2D eigenvalue weighted by atomic mass is 9.99. The summed E-state index contributed by atoms with van der Waals surface area (Å²) in [5.74, 6) is -0.158. The first kappa shape index (κ1) is 15.3. The Labute approximate surface area is 138 Å². The number of aryl methyl sites for hydroxylation is 3. The topological polar surface area (TPSA) is 67.8 Å². The van der Waals surface area contributed by atoms with Crippen molar-refractivity contribution in [3.63, 3.8) is 0 Å². The highest BCUT2D eigenvalue weighted by Crippen LogP contribution is 2.26. The first-order valence-corrected chi connectivity index (χ1v) is 7.99. The molecule has 0 spiro atoms. The molecule has 3 rings (SSSR count). The van der Waals surface area contributed by atoms with Crippen LogP contribution in [0.25, 0.3) is 10.6 Å². The van der Waals surface area contributed by atoms with Gasteiger partial charge in [0.15, 0.2) is 5.01 Å². The molecule has 0 fully saturated rings. The number of anilines is 1. The van der Waals surface area contributed by atoms with Crippen LogP contribution >= 0.6 is 11.3 Å². The van der Waals surface area contributed by atoms with E-state index >= 15 is 0 Å². The molecule has 2 heterocycles. The van der Waals surface area contributed by atoms with Gasteiger partial charge in [0, 0.05) is 23.5 Å². The number of rotatable bonds is 3. The zero-order valence-electron chi connectivity index (χ0n) is 13.1. The minimum Gasteiger partial charge on any atom is -0.296 e. The lowest BCUT2D eigenvalue weighted by Crippen LogP contribution is -2.15. The largest absolute Gasteiger partial charge is 0.296 e. The van der Waals surface area contributed by atoms with Crippen LogP contribution in [0, 0.1) is 20.8 Å². The smallest absolute Gasteiger partial charge is 0.258 e. The monoisotopic (exact) mass is 324 g/mol. The van der Waals surface area contributed by atoms with Gasteiger partial charge in [0.25, 0.3) is 5.91 Å². The fourth-order valence-corrected chi connectivity index (χ4v) is 3.31. The maximum absolute atomic E-state index is 12.5. The van der Waals surface area contributed by atoms with Gasteiger partial charge in [-0.15, -0.1) is 10.2 Å². The molecular formula is C17H16N4OS. The van der Waals surface area contributed by atoms with E-state index in [-0.39, 0.29) is 5.91 Å². The van der Waals surface area contributed by atoms with E-state index in [2.05, 4.69) is 20.5 Å². The van der Waals surface area contributed by atoms with Gasteiger partial charge in [0.1, 0.15) is 0 Å². The molecule has 1 amide bonds. The van der Waals surface area contributed by atoms with Crippen LogP contribution in [0.15, 0.2) is 36.7 Å². The van der Waals surface area contributed by atoms with E-state index in [9.17, 15) is 4.79 Å². The summed E-state index contributed by atoms with van der Waals surface area (Å²) >= 11 is 1.33. The molecule has 23 heavy (non-hydrogen) atoms. The highest BCUT2D eigenvalue weighted by Gasteiger charge is 2.15. The molecule has 2 aromatic heterocycles. The predicted molar refractivity (Wildman–Crippen MR) is 91.7 cm³/mol. The lowest BCUT2D eigenvalue weighted by Gasteiger charge is -2.10. The average Bonchev–Trinajstić information content (AvgIpc) is 2.95. The van der Waals surface area contributed by atoms with Crippen molar-refractivity contribution in [3.05, 3.63) is 58.9 Å². The molecule has 3 aromatic rings. The molecule has 0 radical (unpaired) electrons. The van der Waals surface area contributed by atoms with Crippen LogP contribution in [0.4, 0.5) is 5.13 Å². The molecule has 5 nitrogen and oxygen atoms in total. The van der Waals surface area contributed by atoms with Crippen molar-refractivity contribution in [1.82, 2.24) is 15.2 Å². The Morgan fingerprint density at radius 2 is 1.87 bits per heavy atom. The maximum Gasteiger partial charge on any atom is 0.258 e. The highest BCUT2D eigenvalue weighted by molar-refractivity contribution is 7.18. The van der Waals surface area contributed by atoms with Crippen molar-refractivity contribution < 1.29 is 4.79 Å². The quantitative estimate of drug-likeness (QED) is 0.796. The highest BCUT2D eigenvalue weighted by atomic mass is 32.1.